The molecule has 1 aromatic heterocycles. The molecule has 0 atom stereocenters. The van der Waals surface area contributed by atoms with Gasteiger partial charge in [0.25, 0.3) is 0 Å². The predicted molar refractivity (Wildman–Crippen MR) is 103 cm³/mol. The molecule has 0 spiro atoms. The number of para-hydroxylation sites is 1. The summed E-state index contributed by atoms with van der Waals surface area (Å²) in [6, 6.07) is 14.5. The first-order valence-corrected chi connectivity index (χ1v) is 10.3. The summed E-state index contributed by atoms with van der Waals surface area (Å²) in [6.45, 7) is -0.150. The van der Waals surface area contributed by atoms with E-state index in [-0.39, 0.29) is 18.0 Å². The van der Waals surface area contributed by atoms with E-state index in [1.165, 1.54) is 30.6 Å². The fourth-order valence-electron chi connectivity index (χ4n) is 2.66. The molecule has 0 aliphatic rings. The van der Waals surface area contributed by atoms with E-state index in [0.29, 0.717) is 5.56 Å². The van der Waals surface area contributed by atoms with Gasteiger partial charge in [-0.2, -0.15) is 13.2 Å². The average Bonchev–Trinajstić information content (AvgIpc) is 2.66. The average molecular weight is 422 g/mol. The highest BCUT2D eigenvalue weighted by molar-refractivity contribution is 7.92. The Morgan fingerprint density at radius 2 is 1.76 bits per heavy atom. The molecule has 29 heavy (non-hydrogen) atoms. The van der Waals surface area contributed by atoms with Gasteiger partial charge in [0.15, 0.2) is 0 Å². The molecular formula is C20H17F3N2O3S. The summed E-state index contributed by atoms with van der Waals surface area (Å²) in [5.41, 5.74) is -0.654. The third-order valence-electron chi connectivity index (χ3n) is 3.98. The van der Waals surface area contributed by atoms with Crippen LogP contribution >= 0.6 is 0 Å². The number of aromatic nitrogens is 1. The molecule has 3 rings (SSSR count). The molecule has 3 aromatic rings. The van der Waals surface area contributed by atoms with Crippen LogP contribution < -0.4 is 9.04 Å². The highest BCUT2D eigenvalue weighted by Gasteiger charge is 2.36. The van der Waals surface area contributed by atoms with Crippen molar-refractivity contribution in [3.63, 3.8) is 0 Å². The largest absolute Gasteiger partial charge is 0.457 e. The van der Waals surface area contributed by atoms with E-state index in [9.17, 15) is 21.6 Å². The van der Waals surface area contributed by atoms with E-state index in [0.717, 1.165) is 22.7 Å². The van der Waals surface area contributed by atoms with Crippen LogP contribution in [0.4, 0.5) is 18.9 Å². The molecule has 0 amide bonds. The van der Waals surface area contributed by atoms with Gasteiger partial charge < -0.3 is 4.74 Å². The predicted octanol–water partition coefficient (Wildman–Crippen LogP) is 4.86. The van der Waals surface area contributed by atoms with Gasteiger partial charge in [0.2, 0.25) is 10.0 Å². The van der Waals surface area contributed by atoms with Crippen molar-refractivity contribution < 1.29 is 26.3 Å². The summed E-state index contributed by atoms with van der Waals surface area (Å²) >= 11 is 0. The van der Waals surface area contributed by atoms with E-state index in [1.54, 1.807) is 30.3 Å². The van der Waals surface area contributed by atoms with Crippen LogP contribution in [0.1, 0.15) is 11.1 Å². The lowest BCUT2D eigenvalue weighted by molar-refractivity contribution is -0.138. The molecule has 152 valence electrons. The van der Waals surface area contributed by atoms with Gasteiger partial charge in [0.05, 0.1) is 18.5 Å². The summed E-state index contributed by atoms with van der Waals surface area (Å²) in [6.07, 6.45) is -0.829. The van der Waals surface area contributed by atoms with Crippen molar-refractivity contribution in [2.24, 2.45) is 0 Å². The maximum absolute atomic E-state index is 13.7. The van der Waals surface area contributed by atoms with Crippen LogP contribution in [-0.4, -0.2) is 19.7 Å². The van der Waals surface area contributed by atoms with Gasteiger partial charge in [-0.1, -0.05) is 24.3 Å². The lowest BCUT2D eigenvalue weighted by atomic mass is 10.1. The highest BCUT2D eigenvalue weighted by atomic mass is 32.2. The first-order valence-electron chi connectivity index (χ1n) is 8.45. The highest BCUT2D eigenvalue weighted by Crippen LogP contribution is 2.40. The number of alkyl halides is 3. The monoisotopic (exact) mass is 422 g/mol. The van der Waals surface area contributed by atoms with E-state index in [1.807, 2.05) is 0 Å². The maximum atomic E-state index is 13.7. The Bertz CT molecular complexity index is 1070. The molecule has 0 fully saturated rings. The van der Waals surface area contributed by atoms with Crippen LogP contribution in [0.5, 0.6) is 11.5 Å². The Labute approximate surface area is 166 Å². The van der Waals surface area contributed by atoms with Crippen molar-refractivity contribution in [2.45, 2.75) is 12.7 Å². The van der Waals surface area contributed by atoms with Crippen LogP contribution in [0.15, 0.2) is 73.1 Å². The molecule has 0 aliphatic carbocycles. The minimum Gasteiger partial charge on any atom is -0.457 e. The van der Waals surface area contributed by atoms with Crippen molar-refractivity contribution in [1.82, 2.24) is 4.98 Å². The number of ether oxygens (including phenoxy) is 1. The number of anilines is 1. The molecule has 0 bridgehead atoms. The maximum Gasteiger partial charge on any atom is 0.420 e. The third kappa shape index (κ3) is 5.26. The molecule has 0 aliphatic heterocycles. The minimum absolute atomic E-state index is 0.121. The SMILES string of the molecule is CS(=O)(=O)N(Cc1cccnc1)c1ccc(Oc2ccccc2)c(C(F)(F)F)c1. The molecule has 5 nitrogen and oxygen atoms in total. The van der Waals surface area contributed by atoms with E-state index < -0.39 is 27.5 Å². The number of halogens is 3. The number of hydrogen-bond acceptors (Lipinski definition) is 4. The Kier molecular flexibility index (Phi) is 5.78. The molecule has 0 N–H and O–H groups in total. The molecule has 0 saturated heterocycles. The van der Waals surface area contributed by atoms with Crippen LogP contribution in [0.2, 0.25) is 0 Å². The Hall–Kier alpha value is -3.07. The minimum atomic E-state index is -4.74. The zero-order valence-electron chi connectivity index (χ0n) is 15.3. The Morgan fingerprint density at radius 1 is 1.03 bits per heavy atom. The van der Waals surface area contributed by atoms with E-state index >= 15 is 0 Å². The Balaban J connectivity index is 2.03. The summed E-state index contributed by atoms with van der Waals surface area (Å²) in [4.78, 5) is 3.91. The Morgan fingerprint density at radius 3 is 2.34 bits per heavy atom. The van der Waals surface area contributed by atoms with Gasteiger partial charge in [0.1, 0.15) is 17.1 Å². The molecule has 0 radical (unpaired) electrons. The molecule has 9 heteroatoms. The summed E-state index contributed by atoms with van der Waals surface area (Å²) in [5.74, 6) is -0.177. The number of benzene rings is 2. The van der Waals surface area contributed by atoms with Crippen LogP contribution in [0.25, 0.3) is 0 Å². The summed E-state index contributed by atoms with van der Waals surface area (Å²) < 4.78 is 71.8. The zero-order chi connectivity index (χ0) is 21.1. The second-order valence-corrected chi connectivity index (χ2v) is 8.13. The number of pyridine rings is 1. The molecule has 2 aromatic carbocycles. The lowest BCUT2D eigenvalue weighted by Gasteiger charge is -2.24. The lowest BCUT2D eigenvalue weighted by Crippen LogP contribution is -2.29. The van der Waals surface area contributed by atoms with Gasteiger partial charge in [-0.05, 0) is 42.0 Å². The van der Waals surface area contributed by atoms with Gasteiger partial charge in [-0.15, -0.1) is 0 Å². The van der Waals surface area contributed by atoms with E-state index in [2.05, 4.69) is 4.98 Å². The van der Waals surface area contributed by atoms with Crippen LogP contribution in [0, 0.1) is 0 Å². The van der Waals surface area contributed by atoms with Crippen molar-refractivity contribution in [3.05, 3.63) is 84.2 Å². The topological polar surface area (TPSA) is 59.5 Å². The first-order chi connectivity index (χ1) is 13.6. The number of sulfonamides is 1. The van der Waals surface area contributed by atoms with Crippen molar-refractivity contribution in [3.8, 4) is 11.5 Å². The second-order valence-electron chi connectivity index (χ2n) is 6.22. The standard InChI is InChI=1S/C20H17F3N2O3S/c1-29(26,27)25(14-15-6-5-11-24-13-15)16-9-10-19(18(12-16)20(21,22)23)28-17-7-3-2-4-8-17/h2-13H,14H2,1H3. The summed E-state index contributed by atoms with van der Waals surface area (Å²) in [7, 11) is -3.85. The third-order valence-corrected chi connectivity index (χ3v) is 5.12. The van der Waals surface area contributed by atoms with Gasteiger partial charge >= 0.3 is 6.18 Å². The smallest absolute Gasteiger partial charge is 0.420 e. The van der Waals surface area contributed by atoms with Crippen molar-refractivity contribution in [2.75, 3.05) is 10.6 Å². The molecule has 0 saturated carbocycles. The van der Waals surface area contributed by atoms with Gasteiger partial charge in [-0.3, -0.25) is 9.29 Å². The van der Waals surface area contributed by atoms with Gasteiger partial charge in [-0.25, -0.2) is 8.42 Å². The summed E-state index contributed by atoms with van der Waals surface area (Å²) in [5, 5.41) is 0. The second kappa shape index (κ2) is 8.12. The van der Waals surface area contributed by atoms with Crippen molar-refractivity contribution in [1.29, 1.82) is 0 Å². The quantitative estimate of drug-likeness (QED) is 0.569. The number of nitrogens with zero attached hydrogens (tertiary/aromatic N) is 2. The number of rotatable bonds is 6. The fourth-order valence-corrected chi connectivity index (χ4v) is 3.54. The van der Waals surface area contributed by atoms with Crippen LogP contribution in [0.3, 0.4) is 0 Å². The molecular weight excluding hydrogens is 405 g/mol. The van der Waals surface area contributed by atoms with Crippen LogP contribution in [-0.2, 0) is 22.7 Å². The fraction of sp³-hybridized carbons (Fsp3) is 0.150. The molecule has 0 unspecified atom stereocenters. The first kappa shape index (κ1) is 20.7. The van der Waals surface area contributed by atoms with Crippen molar-refractivity contribution >= 4 is 15.7 Å². The van der Waals surface area contributed by atoms with E-state index in [4.69, 9.17) is 4.74 Å². The molecule has 1 heterocycles. The normalized spacial score (nSPS) is 11.9. The number of hydrogen-bond donors (Lipinski definition) is 0. The van der Waals surface area contributed by atoms with Gasteiger partial charge in [0, 0.05) is 12.4 Å². The zero-order valence-corrected chi connectivity index (χ0v) is 16.1.